The van der Waals surface area contributed by atoms with Crippen molar-refractivity contribution in [2.75, 3.05) is 7.11 Å². The SMILES string of the molecule is COc1c(Cl)cc(Br)c([N+](=O)[O-])c1Cl. The van der Waals surface area contributed by atoms with E-state index in [4.69, 9.17) is 27.9 Å². The molecule has 0 unspecified atom stereocenters. The number of methoxy groups -OCH3 is 1. The van der Waals surface area contributed by atoms with Crippen LogP contribution in [0.3, 0.4) is 0 Å². The van der Waals surface area contributed by atoms with E-state index in [-0.39, 0.29) is 26.0 Å². The third-order valence-electron chi connectivity index (χ3n) is 1.49. The summed E-state index contributed by atoms with van der Waals surface area (Å²) in [4.78, 5) is 10.0. The Labute approximate surface area is 98.0 Å². The van der Waals surface area contributed by atoms with Crippen LogP contribution in [0.4, 0.5) is 5.69 Å². The highest BCUT2D eigenvalue weighted by Gasteiger charge is 2.23. The van der Waals surface area contributed by atoms with Crippen molar-refractivity contribution in [3.05, 3.63) is 30.7 Å². The zero-order valence-electron chi connectivity index (χ0n) is 6.88. The summed E-state index contributed by atoms with van der Waals surface area (Å²) < 4.78 is 5.05. The average molecular weight is 301 g/mol. The molecule has 76 valence electrons. The first-order valence-corrected chi connectivity index (χ1v) is 4.89. The van der Waals surface area contributed by atoms with Gasteiger partial charge in [-0.15, -0.1) is 0 Å². The van der Waals surface area contributed by atoms with Crippen LogP contribution in [-0.4, -0.2) is 12.0 Å². The number of benzene rings is 1. The number of ether oxygens (including phenoxy) is 1. The molecule has 0 aromatic heterocycles. The van der Waals surface area contributed by atoms with Crippen molar-refractivity contribution >= 4 is 44.8 Å². The van der Waals surface area contributed by atoms with E-state index in [0.717, 1.165) is 0 Å². The third kappa shape index (κ3) is 1.94. The summed E-state index contributed by atoms with van der Waals surface area (Å²) in [5.41, 5.74) is -0.257. The standard InChI is InChI=1S/C7H4BrCl2NO3/c1-14-7-4(9)2-3(8)6(5(7)10)11(12)13/h2H,1H3. The van der Waals surface area contributed by atoms with E-state index in [0.29, 0.717) is 0 Å². The van der Waals surface area contributed by atoms with Crippen molar-refractivity contribution in [1.29, 1.82) is 0 Å². The number of nitro benzene ring substituents is 1. The van der Waals surface area contributed by atoms with E-state index in [1.807, 2.05) is 0 Å². The van der Waals surface area contributed by atoms with Gasteiger partial charge in [0.25, 0.3) is 0 Å². The van der Waals surface area contributed by atoms with Gasteiger partial charge in [-0.25, -0.2) is 0 Å². The molecule has 0 N–H and O–H groups in total. The summed E-state index contributed by atoms with van der Waals surface area (Å²) in [6.07, 6.45) is 0. The van der Waals surface area contributed by atoms with E-state index in [9.17, 15) is 10.1 Å². The van der Waals surface area contributed by atoms with Crippen molar-refractivity contribution in [3.8, 4) is 5.75 Å². The van der Waals surface area contributed by atoms with Crippen molar-refractivity contribution in [2.45, 2.75) is 0 Å². The second-order valence-corrected chi connectivity index (χ2v) is 3.93. The fourth-order valence-electron chi connectivity index (χ4n) is 0.917. The Morgan fingerprint density at radius 2 is 2.14 bits per heavy atom. The maximum atomic E-state index is 10.6. The minimum absolute atomic E-state index is 0.100. The van der Waals surface area contributed by atoms with Gasteiger partial charge in [-0.3, -0.25) is 10.1 Å². The maximum Gasteiger partial charge on any atom is 0.305 e. The lowest BCUT2D eigenvalue weighted by molar-refractivity contribution is -0.385. The lowest BCUT2D eigenvalue weighted by Crippen LogP contribution is -1.94. The summed E-state index contributed by atoms with van der Waals surface area (Å²) in [5, 5.41) is 10.7. The van der Waals surface area contributed by atoms with Crippen LogP contribution < -0.4 is 4.74 Å². The smallest absolute Gasteiger partial charge is 0.305 e. The number of hydrogen-bond acceptors (Lipinski definition) is 3. The predicted octanol–water partition coefficient (Wildman–Crippen LogP) is 3.67. The van der Waals surface area contributed by atoms with Crippen molar-refractivity contribution in [3.63, 3.8) is 0 Å². The van der Waals surface area contributed by atoms with Crippen LogP contribution in [0.5, 0.6) is 5.75 Å². The van der Waals surface area contributed by atoms with Crippen LogP contribution in [0.15, 0.2) is 10.5 Å². The summed E-state index contributed by atoms with van der Waals surface area (Å²) in [6.45, 7) is 0. The Morgan fingerprint density at radius 1 is 1.57 bits per heavy atom. The molecule has 1 aromatic rings. The van der Waals surface area contributed by atoms with Crippen LogP contribution in [0.1, 0.15) is 0 Å². The van der Waals surface area contributed by atoms with Crippen molar-refractivity contribution in [2.24, 2.45) is 0 Å². The first kappa shape index (κ1) is 11.6. The van der Waals surface area contributed by atoms with Gasteiger partial charge in [0.2, 0.25) is 0 Å². The zero-order valence-corrected chi connectivity index (χ0v) is 9.98. The highest BCUT2D eigenvalue weighted by atomic mass is 79.9. The van der Waals surface area contributed by atoms with Crippen LogP contribution in [0.25, 0.3) is 0 Å². The average Bonchev–Trinajstić information content (AvgIpc) is 2.02. The Balaban J connectivity index is 3.52. The second kappa shape index (κ2) is 4.33. The summed E-state index contributed by atoms with van der Waals surface area (Å²) in [7, 11) is 1.34. The van der Waals surface area contributed by atoms with Crippen LogP contribution >= 0.6 is 39.1 Å². The molecule has 0 aliphatic carbocycles. The molecule has 4 nitrogen and oxygen atoms in total. The van der Waals surface area contributed by atoms with Gasteiger partial charge in [0.05, 0.1) is 21.5 Å². The fourth-order valence-corrected chi connectivity index (χ4v) is 2.41. The molecule has 0 fully saturated rings. The molecule has 0 radical (unpaired) electrons. The van der Waals surface area contributed by atoms with Crippen LogP contribution in [-0.2, 0) is 0 Å². The van der Waals surface area contributed by atoms with E-state index in [2.05, 4.69) is 15.9 Å². The molecule has 14 heavy (non-hydrogen) atoms. The van der Waals surface area contributed by atoms with E-state index < -0.39 is 4.92 Å². The maximum absolute atomic E-state index is 10.6. The molecular formula is C7H4BrCl2NO3. The zero-order chi connectivity index (χ0) is 10.9. The Hall–Kier alpha value is -0.520. The molecule has 0 aliphatic rings. The van der Waals surface area contributed by atoms with Gasteiger partial charge < -0.3 is 4.74 Å². The van der Waals surface area contributed by atoms with E-state index in [1.54, 1.807) is 0 Å². The van der Waals surface area contributed by atoms with Crippen LogP contribution in [0, 0.1) is 10.1 Å². The summed E-state index contributed by atoms with van der Waals surface area (Å²) in [6, 6.07) is 1.37. The third-order valence-corrected chi connectivity index (χ3v) is 2.73. The Morgan fingerprint density at radius 3 is 2.57 bits per heavy atom. The molecule has 0 amide bonds. The molecule has 0 aliphatic heterocycles. The molecule has 1 aromatic carbocycles. The van der Waals surface area contributed by atoms with Crippen molar-refractivity contribution < 1.29 is 9.66 Å². The molecule has 0 atom stereocenters. The molecular weight excluding hydrogens is 297 g/mol. The first-order valence-electron chi connectivity index (χ1n) is 3.35. The Kier molecular flexibility index (Phi) is 3.58. The number of nitro groups is 1. The van der Waals surface area contributed by atoms with Crippen LogP contribution in [0.2, 0.25) is 10.0 Å². The molecule has 0 heterocycles. The van der Waals surface area contributed by atoms with Gasteiger partial charge in [0.15, 0.2) is 10.8 Å². The molecule has 1 rings (SSSR count). The van der Waals surface area contributed by atoms with Gasteiger partial charge in [-0.2, -0.15) is 0 Å². The van der Waals surface area contributed by atoms with Gasteiger partial charge in [-0.05, 0) is 22.0 Å². The minimum atomic E-state index is -0.606. The number of hydrogen-bond donors (Lipinski definition) is 0. The topological polar surface area (TPSA) is 52.4 Å². The van der Waals surface area contributed by atoms with E-state index in [1.165, 1.54) is 13.2 Å². The van der Waals surface area contributed by atoms with E-state index >= 15 is 0 Å². The van der Waals surface area contributed by atoms with Gasteiger partial charge >= 0.3 is 5.69 Å². The number of nitrogens with zero attached hydrogens (tertiary/aromatic N) is 1. The molecule has 0 bridgehead atoms. The van der Waals surface area contributed by atoms with Gasteiger partial charge in [0.1, 0.15) is 0 Å². The molecule has 7 heteroatoms. The highest BCUT2D eigenvalue weighted by Crippen LogP contribution is 2.43. The predicted molar refractivity (Wildman–Crippen MR) is 57.4 cm³/mol. The minimum Gasteiger partial charge on any atom is -0.493 e. The lowest BCUT2D eigenvalue weighted by Gasteiger charge is -2.06. The highest BCUT2D eigenvalue weighted by molar-refractivity contribution is 9.10. The normalized spacial score (nSPS) is 10.0. The van der Waals surface area contributed by atoms with Gasteiger partial charge in [-0.1, -0.05) is 23.2 Å². The summed E-state index contributed by atoms with van der Waals surface area (Å²) >= 11 is 14.5. The second-order valence-electron chi connectivity index (χ2n) is 2.29. The molecule has 0 spiro atoms. The fraction of sp³-hybridized carbons (Fsp3) is 0.143. The molecule has 0 saturated heterocycles. The largest absolute Gasteiger partial charge is 0.493 e. The molecule has 0 saturated carbocycles. The first-order chi connectivity index (χ1) is 6.49. The summed E-state index contributed by atoms with van der Waals surface area (Å²) in [5.74, 6) is 0.100. The van der Waals surface area contributed by atoms with Crippen molar-refractivity contribution in [1.82, 2.24) is 0 Å². The van der Waals surface area contributed by atoms with Gasteiger partial charge in [0, 0.05) is 0 Å². The lowest BCUT2D eigenvalue weighted by atomic mass is 10.3. The monoisotopic (exact) mass is 299 g/mol. The Bertz CT molecular complexity index is 397. The quantitative estimate of drug-likeness (QED) is 0.618. The number of halogens is 3. The number of rotatable bonds is 2.